The molecule has 0 unspecified atom stereocenters. The Bertz CT molecular complexity index is 435. The van der Waals surface area contributed by atoms with E-state index in [2.05, 4.69) is 38.7 Å². The highest BCUT2D eigenvalue weighted by Crippen LogP contribution is 2.13. The van der Waals surface area contributed by atoms with Crippen molar-refractivity contribution in [1.82, 2.24) is 4.90 Å². The van der Waals surface area contributed by atoms with Gasteiger partial charge in [0.15, 0.2) is 0 Å². The van der Waals surface area contributed by atoms with E-state index in [1.54, 1.807) is 12.1 Å². The molecule has 3 nitrogen and oxygen atoms in total. The van der Waals surface area contributed by atoms with E-state index in [0.717, 1.165) is 25.3 Å². The Labute approximate surface area is 123 Å². The van der Waals surface area contributed by atoms with Crippen molar-refractivity contribution in [2.45, 2.75) is 40.2 Å². The first kappa shape index (κ1) is 16.5. The normalized spacial score (nSPS) is 11.1. The van der Waals surface area contributed by atoms with Gasteiger partial charge in [-0.25, -0.2) is 0 Å². The number of hydrogen-bond acceptors (Lipinski definition) is 3. The lowest BCUT2D eigenvalue weighted by atomic mass is 10.1. The van der Waals surface area contributed by atoms with Crippen molar-refractivity contribution in [3.05, 3.63) is 29.8 Å². The SMILES string of the molecule is CC(C)CN(CCCOc1cccc(C#N)c1)C(C)C. The molecule has 0 aliphatic rings. The quantitative estimate of drug-likeness (QED) is 0.678. The largest absolute Gasteiger partial charge is 0.494 e. The van der Waals surface area contributed by atoms with Gasteiger partial charge < -0.3 is 9.64 Å². The Kier molecular flexibility index (Phi) is 7.11. The van der Waals surface area contributed by atoms with E-state index in [0.29, 0.717) is 24.1 Å². The maximum Gasteiger partial charge on any atom is 0.120 e. The summed E-state index contributed by atoms with van der Waals surface area (Å²) in [6, 6.07) is 10.0. The fourth-order valence-corrected chi connectivity index (χ4v) is 2.14. The summed E-state index contributed by atoms with van der Waals surface area (Å²) in [5.74, 6) is 1.47. The van der Waals surface area contributed by atoms with Crippen molar-refractivity contribution in [1.29, 1.82) is 5.26 Å². The monoisotopic (exact) mass is 274 g/mol. The van der Waals surface area contributed by atoms with Crippen LogP contribution in [0.25, 0.3) is 0 Å². The van der Waals surface area contributed by atoms with Crippen LogP contribution >= 0.6 is 0 Å². The third kappa shape index (κ3) is 6.08. The summed E-state index contributed by atoms with van der Waals surface area (Å²) in [5.41, 5.74) is 0.645. The number of ether oxygens (including phenoxy) is 1. The van der Waals surface area contributed by atoms with Crippen molar-refractivity contribution in [3.63, 3.8) is 0 Å². The minimum Gasteiger partial charge on any atom is -0.494 e. The van der Waals surface area contributed by atoms with E-state index >= 15 is 0 Å². The lowest BCUT2D eigenvalue weighted by Crippen LogP contribution is -2.35. The fourth-order valence-electron chi connectivity index (χ4n) is 2.14. The predicted molar refractivity (Wildman–Crippen MR) is 82.8 cm³/mol. The molecule has 0 bridgehead atoms. The van der Waals surface area contributed by atoms with Gasteiger partial charge in [-0.15, -0.1) is 0 Å². The minimum absolute atomic E-state index is 0.569. The van der Waals surface area contributed by atoms with Gasteiger partial charge >= 0.3 is 0 Å². The molecule has 110 valence electrons. The van der Waals surface area contributed by atoms with Crippen LogP contribution in [-0.2, 0) is 0 Å². The Morgan fingerprint density at radius 2 is 2.00 bits per heavy atom. The summed E-state index contributed by atoms with van der Waals surface area (Å²) in [5, 5.41) is 8.84. The lowest BCUT2D eigenvalue weighted by molar-refractivity contribution is 0.179. The first-order valence-corrected chi connectivity index (χ1v) is 7.40. The number of nitrogens with zero attached hydrogens (tertiary/aromatic N) is 2. The average Bonchev–Trinajstić information content (AvgIpc) is 2.41. The van der Waals surface area contributed by atoms with Crippen molar-refractivity contribution < 1.29 is 4.74 Å². The van der Waals surface area contributed by atoms with Crippen LogP contribution in [-0.4, -0.2) is 30.6 Å². The van der Waals surface area contributed by atoms with Crippen LogP contribution < -0.4 is 4.74 Å². The summed E-state index contributed by atoms with van der Waals surface area (Å²) >= 11 is 0. The molecule has 0 heterocycles. The Hall–Kier alpha value is -1.53. The van der Waals surface area contributed by atoms with Gasteiger partial charge in [-0.2, -0.15) is 5.26 Å². The second-order valence-electron chi connectivity index (χ2n) is 5.82. The molecule has 1 rings (SSSR count). The van der Waals surface area contributed by atoms with Crippen LogP contribution in [0.5, 0.6) is 5.75 Å². The molecule has 0 atom stereocenters. The fraction of sp³-hybridized carbons (Fsp3) is 0.588. The van der Waals surface area contributed by atoms with Gasteiger partial charge in [-0.3, -0.25) is 0 Å². The molecule has 0 aromatic heterocycles. The number of rotatable bonds is 8. The highest BCUT2D eigenvalue weighted by atomic mass is 16.5. The van der Waals surface area contributed by atoms with Crippen LogP contribution in [0.15, 0.2) is 24.3 Å². The Morgan fingerprint density at radius 1 is 1.25 bits per heavy atom. The molecule has 3 heteroatoms. The van der Waals surface area contributed by atoms with Gasteiger partial charge in [-0.05, 0) is 44.4 Å². The zero-order valence-electron chi connectivity index (χ0n) is 13.1. The molecule has 0 saturated carbocycles. The Balaban J connectivity index is 2.34. The Morgan fingerprint density at radius 3 is 2.60 bits per heavy atom. The summed E-state index contributed by atoms with van der Waals surface area (Å²) < 4.78 is 5.71. The van der Waals surface area contributed by atoms with Gasteiger partial charge in [0.2, 0.25) is 0 Å². The molecule has 0 N–H and O–H groups in total. The molecule has 0 spiro atoms. The van der Waals surface area contributed by atoms with Gasteiger partial charge in [0.05, 0.1) is 18.2 Å². The van der Waals surface area contributed by atoms with Crippen molar-refractivity contribution in [2.75, 3.05) is 19.7 Å². The zero-order valence-corrected chi connectivity index (χ0v) is 13.1. The van der Waals surface area contributed by atoms with E-state index in [4.69, 9.17) is 10.00 Å². The third-order valence-corrected chi connectivity index (χ3v) is 3.15. The van der Waals surface area contributed by atoms with Gasteiger partial charge in [0, 0.05) is 19.1 Å². The molecular formula is C17H26N2O. The molecule has 0 radical (unpaired) electrons. The van der Waals surface area contributed by atoms with Crippen LogP contribution in [0.4, 0.5) is 0 Å². The van der Waals surface area contributed by atoms with E-state index in [1.165, 1.54) is 0 Å². The highest BCUT2D eigenvalue weighted by molar-refractivity contribution is 5.36. The summed E-state index contributed by atoms with van der Waals surface area (Å²) in [6.07, 6.45) is 1.00. The summed E-state index contributed by atoms with van der Waals surface area (Å²) in [7, 11) is 0. The number of nitriles is 1. The zero-order chi connectivity index (χ0) is 15.0. The second kappa shape index (κ2) is 8.60. The van der Waals surface area contributed by atoms with Gasteiger partial charge in [-0.1, -0.05) is 19.9 Å². The molecule has 0 aliphatic heterocycles. The van der Waals surface area contributed by atoms with E-state index < -0.39 is 0 Å². The summed E-state index contributed by atoms with van der Waals surface area (Å²) in [4.78, 5) is 2.49. The number of benzene rings is 1. The van der Waals surface area contributed by atoms with Crippen molar-refractivity contribution in [2.24, 2.45) is 5.92 Å². The topological polar surface area (TPSA) is 36.3 Å². The van der Waals surface area contributed by atoms with E-state index in [9.17, 15) is 0 Å². The van der Waals surface area contributed by atoms with Crippen molar-refractivity contribution >= 4 is 0 Å². The molecule has 1 aromatic carbocycles. The first-order chi connectivity index (χ1) is 9.52. The molecule has 1 aromatic rings. The smallest absolute Gasteiger partial charge is 0.120 e. The average molecular weight is 274 g/mol. The number of hydrogen-bond donors (Lipinski definition) is 0. The lowest BCUT2D eigenvalue weighted by Gasteiger charge is -2.28. The molecule has 0 amide bonds. The molecular weight excluding hydrogens is 248 g/mol. The standard InChI is InChI=1S/C17H26N2O/c1-14(2)13-19(15(3)4)9-6-10-20-17-8-5-7-16(11-17)12-18/h5,7-8,11,14-15H,6,9-10,13H2,1-4H3. The van der Waals surface area contributed by atoms with Gasteiger partial charge in [0.1, 0.15) is 5.75 Å². The van der Waals surface area contributed by atoms with Crippen LogP contribution in [0.1, 0.15) is 39.7 Å². The van der Waals surface area contributed by atoms with E-state index in [-0.39, 0.29) is 0 Å². The summed E-state index contributed by atoms with van der Waals surface area (Å²) in [6.45, 7) is 11.8. The molecule has 0 aliphatic carbocycles. The molecule has 0 saturated heterocycles. The van der Waals surface area contributed by atoms with Gasteiger partial charge in [0.25, 0.3) is 0 Å². The van der Waals surface area contributed by atoms with Crippen LogP contribution in [0.3, 0.4) is 0 Å². The maximum absolute atomic E-state index is 8.84. The first-order valence-electron chi connectivity index (χ1n) is 7.40. The third-order valence-electron chi connectivity index (χ3n) is 3.15. The van der Waals surface area contributed by atoms with Crippen molar-refractivity contribution in [3.8, 4) is 11.8 Å². The van der Waals surface area contributed by atoms with Crippen LogP contribution in [0, 0.1) is 17.2 Å². The molecule has 20 heavy (non-hydrogen) atoms. The second-order valence-corrected chi connectivity index (χ2v) is 5.82. The maximum atomic E-state index is 8.84. The molecule has 0 fully saturated rings. The van der Waals surface area contributed by atoms with Crippen LogP contribution in [0.2, 0.25) is 0 Å². The van der Waals surface area contributed by atoms with E-state index in [1.807, 2.05) is 12.1 Å². The predicted octanol–water partition coefficient (Wildman–Crippen LogP) is 3.69. The minimum atomic E-state index is 0.569. The highest BCUT2D eigenvalue weighted by Gasteiger charge is 2.10.